The molecule has 7 heteroatoms. The molecule has 4 N–H and O–H groups in total. The van der Waals surface area contributed by atoms with Crippen LogP contribution in [0.1, 0.15) is 5.56 Å². The Morgan fingerprint density at radius 1 is 1.44 bits per heavy atom. The third-order valence-electron chi connectivity index (χ3n) is 1.62. The molecule has 0 spiro atoms. The van der Waals surface area contributed by atoms with Crippen molar-refractivity contribution in [3.8, 4) is 0 Å². The van der Waals surface area contributed by atoms with Crippen molar-refractivity contribution in [2.24, 2.45) is 5.73 Å². The molecule has 0 aliphatic heterocycles. The van der Waals surface area contributed by atoms with E-state index in [1.54, 1.807) is 0 Å². The number of carboxylic acids is 1. The van der Waals surface area contributed by atoms with Crippen molar-refractivity contribution < 1.29 is 15.2 Å². The topological polar surface area (TPSA) is 117 Å². The van der Waals surface area contributed by atoms with E-state index in [4.69, 9.17) is 21.0 Å². The van der Waals surface area contributed by atoms with E-state index < -0.39 is 12.0 Å². The fourth-order valence-corrected chi connectivity index (χ4v) is 0.955. The van der Waals surface area contributed by atoms with Crippen molar-refractivity contribution in [2.45, 2.75) is 12.5 Å². The monoisotopic (exact) mass is 236 g/mol. The molecule has 0 aliphatic carbocycles. The number of hydrogen-bond donors (Lipinski definition) is 3. The first kappa shape index (κ1) is 17.4. The van der Waals surface area contributed by atoms with Gasteiger partial charge in [0.2, 0.25) is 0 Å². The molecule has 0 radical (unpaired) electrons. The molecular formula is C9H13N2NaO4. The minimum atomic E-state index is -0.959. The summed E-state index contributed by atoms with van der Waals surface area (Å²) in [4.78, 5) is 18.5. The van der Waals surface area contributed by atoms with E-state index in [1.807, 2.05) is 30.3 Å². The maximum absolute atomic E-state index is 10.4. The summed E-state index contributed by atoms with van der Waals surface area (Å²) >= 11 is 0. The molecule has 0 unspecified atom stereocenters. The van der Waals surface area contributed by atoms with Gasteiger partial charge < -0.3 is 10.8 Å². The van der Waals surface area contributed by atoms with Gasteiger partial charge in [0, 0.05) is 5.34 Å². The molecule has 16 heavy (non-hydrogen) atoms. The maximum atomic E-state index is 10.4. The third-order valence-corrected chi connectivity index (χ3v) is 1.62. The summed E-state index contributed by atoms with van der Waals surface area (Å²) in [6.07, 6.45) is 0.385. The van der Waals surface area contributed by atoms with Crippen LogP contribution in [0, 0.1) is 10.1 Å². The Balaban J connectivity index is 0. The Hall–Kier alpha value is -0.950. The zero-order valence-corrected chi connectivity index (χ0v) is 7.92. The van der Waals surface area contributed by atoms with Crippen LogP contribution in [0.3, 0.4) is 0 Å². The quantitative estimate of drug-likeness (QED) is 0.329. The fraction of sp³-hybridized carbons (Fsp3) is 0.222. The summed E-state index contributed by atoms with van der Waals surface area (Å²) < 4.78 is 0. The van der Waals surface area contributed by atoms with E-state index in [1.165, 1.54) is 0 Å². The predicted molar refractivity (Wildman–Crippen MR) is 60.6 cm³/mol. The normalized spacial score (nSPS) is 10.1. The van der Waals surface area contributed by atoms with E-state index in [0.717, 1.165) is 5.56 Å². The van der Waals surface area contributed by atoms with Gasteiger partial charge in [-0.2, -0.15) is 0 Å². The third kappa shape index (κ3) is 8.37. The zero-order chi connectivity index (χ0) is 11.7. The molecule has 6 nitrogen and oxygen atoms in total. The van der Waals surface area contributed by atoms with Crippen LogP contribution in [-0.2, 0) is 11.2 Å². The summed E-state index contributed by atoms with van der Waals surface area (Å²) in [5.74, 6) is -0.959. The Bertz CT molecular complexity index is 308. The Labute approximate surface area is 115 Å². The van der Waals surface area contributed by atoms with Gasteiger partial charge in [-0.15, -0.1) is 0 Å². The van der Waals surface area contributed by atoms with Crippen LogP contribution >= 0.6 is 0 Å². The van der Waals surface area contributed by atoms with E-state index in [-0.39, 0.29) is 34.9 Å². The van der Waals surface area contributed by atoms with Crippen molar-refractivity contribution in [2.75, 3.05) is 0 Å². The van der Waals surface area contributed by atoms with Crippen molar-refractivity contribution in [1.82, 2.24) is 0 Å². The summed E-state index contributed by atoms with van der Waals surface area (Å²) in [7, 11) is 0. The first-order valence-corrected chi connectivity index (χ1v) is 4.13. The molecule has 0 aromatic heterocycles. The molecule has 0 heterocycles. The molecule has 0 bridgehead atoms. The van der Waals surface area contributed by atoms with E-state index in [9.17, 15) is 4.79 Å². The summed E-state index contributed by atoms with van der Waals surface area (Å²) in [5.41, 5.74) is 6.30. The van der Waals surface area contributed by atoms with Crippen LogP contribution in [0.2, 0.25) is 0 Å². The Morgan fingerprint density at radius 3 is 2.25 bits per heavy atom. The van der Waals surface area contributed by atoms with Gasteiger partial charge in [-0.05, 0) is 12.0 Å². The standard InChI is InChI=1S/C9H11NO2.HNO2.Na.H/c10-8(9(11)12)6-7-4-2-1-3-5-7;2-1-3;;/h1-5,8H,6,10H2,(H,11,12);1H;;/t8-;;;/m0.../s1. The van der Waals surface area contributed by atoms with Crippen molar-refractivity contribution in [3.05, 3.63) is 46.0 Å². The van der Waals surface area contributed by atoms with Crippen LogP contribution in [0.4, 0.5) is 0 Å². The van der Waals surface area contributed by atoms with Crippen LogP contribution in [-0.4, -0.2) is 46.7 Å². The average Bonchev–Trinajstić information content (AvgIpc) is 2.20. The predicted octanol–water partition coefficient (Wildman–Crippen LogP) is -1.68. The number of hydrogen-bond acceptors (Lipinski definition) is 4. The Morgan fingerprint density at radius 2 is 1.88 bits per heavy atom. The molecule has 0 fully saturated rings. The second kappa shape index (κ2) is 10.6. The number of carboxylic acid groups (broad SMARTS) is 1. The van der Waals surface area contributed by atoms with Gasteiger partial charge in [0.05, 0.1) is 0 Å². The number of benzene rings is 1. The van der Waals surface area contributed by atoms with Crippen LogP contribution in [0.15, 0.2) is 30.3 Å². The average molecular weight is 236 g/mol. The number of rotatable bonds is 3. The van der Waals surface area contributed by atoms with Gasteiger partial charge in [-0.25, -0.2) is 0 Å². The summed E-state index contributed by atoms with van der Waals surface area (Å²) in [6.45, 7) is 0. The molecule has 0 saturated heterocycles. The van der Waals surface area contributed by atoms with Crippen molar-refractivity contribution in [3.63, 3.8) is 0 Å². The van der Waals surface area contributed by atoms with Gasteiger partial charge in [-0.1, -0.05) is 30.3 Å². The second-order valence-corrected chi connectivity index (χ2v) is 2.72. The van der Waals surface area contributed by atoms with Crippen LogP contribution < -0.4 is 11.1 Å². The van der Waals surface area contributed by atoms with Crippen molar-refractivity contribution >= 4 is 35.5 Å². The summed E-state index contributed by atoms with van der Waals surface area (Å²) in [5, 5.41) is 16.9. The Kier molecular flexibility index (Phi) is 11.5. The van der Waals surface area contributed by atoms with Crippen LogP contribution in [0.25, 0.3) is 0 Å². The van der Waals surface area contributed by atoms with Gasteiger partial charge >= 0.3 is 35.5 Å². The molecule has 1 rings (SSSR count). The van der Waals surface area contributed by atoms with Crippen LogP contribution in [0.5, 0.6) is 0 Å². The summed E-state index contributed by atoms with van der Waals surface area (Å²) in [6, 6.07) is 8.54. The molecular weight excluding hydrogens is 223 g/mol. The zero-order valence-electron chi connectivity index (χ0n) is 7.92. The number of aliphatic carboxylic acids is 1. The number of carbonyl (C=O) groups is 1. The first-order valence-electron chi connectivity index (χ1n) is 4.13. The van der Waals surface area contributed by atoms with E-state index in [0.29, 0.717) is 6.42 Å². The molecule has 0 amide bonds. The second-order valence-electron chi connectivity index (χ2n) is 2.72. The van der Waals surface area contributed by atoms with E-state index >= 15 is 0 Å². The number of nitrogens with two attached hydrogens (primary N) is 1. The van der Waals surface area contributed by atoms with Gasteiger partial charge in [0.1, 0.15) is 6.04 Å². The number of nitrogens with one attached hydrogen (secondary N) is 1. The van der Waals surface area contributed by atoms with Gasteiger partial charge in [0.25, 0.3) is 0 Å². The molecule has 1 atom stereocenters. The molecule has 84 valence electrons. The van der Waals surface area contributed by atoms with Crippen molar-refractivity contribution in [1.29, 1.82) is 0 Å². The van der Waals surface area contributed by atoms with Gasteiger partial charge in [0.15, 0.2) is 0 Å². The molecule has 1 aromatic rings. The first-order chi connectivity index (χ1) is 7.11. The molecule has 0 aliphatic rings. The minimum absolute atomic E-state index is 0. The SMILES string of the molecule is N[C@@H](Cc1ccccc1)C(=O)O.O=[NH+][O-].[NaH]. The fourth-order valence-electron chi connectivity index (χ4n) is 0.955. The van der Waals surface area contributed by atoms with Gasteiger partial charge in [-0.3, -0.25) is 14.9 Å². The van der Waals surface area contributed by atoms with E-state index in [2.05, 4.69) is 0 Å². The molecule has 1 aromatic carbocycles. The molecule has 0 saturated carbocycles.